The van der Waals surface area contributed by atoms with Crippen LogP contribution in [0.2, 0.25) is 0 Å². The predicted molar refractivity (Wildman–Crippen MR) is 58.6 cm³/mol. The molecule has 0 saturated heterocycles. The van der Waals surface area contributed by atoms with Gasteiger partial charge in [0.15, 0.2) is 0 Å². The fourth-order valence-corrected chi connectivity index (χ4v) is 0.979. The fourth-order valence-electron chi connectivity index (χ4n) is 0.979. The molecule has 3 nitrogen and oxygen atoms in total. The summed E-state index contributed by atoms with van der Waals surface area (Å²) in [6, 6.07) is 7.38. The van der Waals surface area contributed by atoms with E-state index in [1.807, 2.05) is 24.3 Å². The van der Waals surface area contributed by atoms with Gasteiger partial charge in [-0.15, -0.1) is 0 Å². The van der Waals surface area contributed by atoms with E-state index >= 15 is 0 Å². The van der Waals surface area contributed by atoms with E-state index < -0.39 is 0 Å². The molecule has 2 N–H and O–H groups in total. The third-order valence-electron chi connectivity index (χ3n) is 1.77. The number of carbonyl (C=O) groups excluding carboxylic acids is 1. The molecule has 0 heterocycles. The Labute approximate surface area is 83.8 Å². The quantitative estimate of drug-likeness (QED) is 0.565. The van der Waals surface area contributed by atoms with Gasteiger partial charge in [-0.3, -0.25) is 4.79 Å². The Bertz CT molecular complexity index is 356. The maximum absolute atomic E-state index is 11.2. The van der Waals surface area contributed by atoms with Crippen molar-refractivity contribution in [2.24, 2.45) is 0 Å². The van der Waals surface area contributed by atoms with Crippen LogP contribution in [0.5, 0.6) is 0 Å². The van der Waals surface area contributed by atoms with Gasteiger partial charge in [-0.1, -0.05) is 12.1 Å². The summed E-state index contributed by atoms with van der Waals surface area (Å²) in [5, 5.41) is 0. The van der Waals surface area contributed by atoms with E-state index in [0.29, 0.717) is 5.69 Å². The van der Waals surface area contributed by atoms with Crippen LogP contribution in [0.4, 0.5) is 5.69 Å². The lowest BCUT2D eigenvalue weighted by Gasteiger charge is -2.05. The highest BCUT2D eigenvalue weighted by atomic mass is 16.2. The molecule has 1 rings (SSSR count). The molecule has 0 aliphatic carbocycles. The number of likely N-dealkylation sites (N-methyl/N-ethyl adjacent to an activating group) is 1. The van der Waals surface area contributed by atoms with Gasteiger partial charge < -0.3 is 10.6 Å². The van der Waals surface area contributed by atoms with Gasteiger partial charge in [-0.25, -0.2) is 0 Å². The Morgan fingerprint density at radius 3 is 2.71 bits per heavy atom. The van der Waals surface area contributed by atoms with Gasteiger partial charge in [0.1, 0.15) is 0 Å². The van der Waals surface area contributed by atoms with Crippen molar-refractivity contribution in [3.63, 3.8) is 0 Å². The summed E-state index contributed by atoms with van der Waals surface area (Å²) < 4.78 is 0. The Kier molecular flexibility index (Phi) is 3.29. The molecular weight excluding hydrogens is 176 g/mol. The van der Waals surface area contributed by atoms with Gasteiger partial charge in [-0.2, -0.15) is 0 Å². The molecule has 1 aromatic carbocycles. The van der Waals surface area contributed by atoms with Crippen LogP contribution in [0.25, 0.3) is 6.08 Å². The minimum absolute atomic E-state index is 0.0348. The molecule has 0 aliphatic heterocycles. The van der Waals surface area contributed by atoms with Crippen LogP contribution in [0.1, 0.15) is 5.56 Å². The molecule has 1 aromatic rings. The highest BCUT2D eigenvalue weighted by Gasteiger charge is 1.96. The zero-order chi connectivity index (χ0) is 10.6. The summed E-state index contributed by atoms with van der Waals surface area (Å²) in [5.41, 5.74) is 7.22. The molecule has 0 spiro atoms. The number of amides is 1. The predicted octanol–water partition coefficient (Wildman–Crippen LogP) is 1.37. The van der Waals surface area contributed by atoms with Crippen molar-refractivity contribution >= 4 is 17.7 Å². The van der Waals surface area contributed by atoms with Crippen molar-refractivity contribution in [2.45, 2.75) is 0 Å². The summed E-state index contributed by atoms with van der Waals surface area (Å²) in [5.74, 6) is -0.0348. The van der Waals surface area contributed by atoms with E-state index in [4.69, 9.17) is 5.73 Å². The average molecular weight is 190 g/mol. The van der Waals surface area contributed by atoms with Gasteiger partial charge in [0.2, 0.25) is 5.91 Å². The lowest BCUT2D eigenvalue weighted by molar-refractivity contribution is -0.123. The van der Waals surface area contributed by atoms with Crippen molar-refractivity contribution in [1.29, 1.82) is 0 Å². The number of nitrogen functional groups attached to an aromatic ring is 1. The molecule has 14 heavy (non-hydrogen) atoms. The Hall–Kier alpha value is -1.77. The molecule has 0 bridgehead atoms. The summed E-state index contributed by atoms with van der Waals surface area (Å²) in [7, 11) is 3.43. The van der Waals surface area contributed by atoms with Crippen LogP contribution in [0.3, 0.4) is 0 Å². The molecule has 0 unspecified atom stereocenters. The second-order valence-electron chi connectivity index (χ2n) is 3.24. The van der Waals surface area contributed by atoms with Crippen LogP contribution in [0.15, 0.2) is 30.3 Å². The highest BCUT2D eigenvalue weighted by molar-refractivity contribution is 5.91. The number of nitrogens with zero attached hydrogens (tertiary/aromatic N) is 1. The molecular formula is C11H14N2O. The molecule has 1 amide bonds. The fraction of sp³-hybridized carbons (Fsp3) is 0.182. The van der Waals surface area contributed by atoms with Gasteiger partial charge in [0.25, 0.3) is 0 Å². The molecule has 0 atom stereocenters. The maximum atomic E-state index is 11.2. The van der Waals surface area contributed by atoms with Crippen LogP contribution >= 0.6 is 0 Å². The van der Waals surface area contributed by atoms with E-state index in [-0.39, 0.29) is 5.91 Å². The third kappa shape index (κ3) is 2.94. The van der Waals surface area contributed by atoms with E-state index in [1.165, 1.54) is 11.0 Å². The highest BCUT2D eigenvalue weighted by Crippen LogP contribution is 2.07. The van der Waals surface area contributed by atoms with Crippen LogP contribution < -0.4 is 5.73 Å². The van der Waals surface area contributed by atoms with Gasteiger partial charge in [0.05, 0.1) is 0 Å². The van der Waals surface area contributed by atoms with E-state index in [1.54, 1.807) is 20.2 Å². The van der Waals surface area contributed by atoms with Crippen molar-refractivity contribution in [1.82, 2.24) is 4.90 Å². The lowest BCUT2D eigenvalue weighted by atomic mass is 10.2. The van der Waals surface area contributed by atoms with Crippen LogP contribution in [-0.2, 0) is 4.79 Å². The normalized spacial score (nSPS) is 10.4. The third-order valence-corrected chi connectivity index (χ3v) is 1.77. The van der Waals surface area contributed by atoms with Crippen molar-refractivity contribution in [3.05, 3.63) is 35.9 Å². The number of nitrogens with two attached hydrogens (primary N) is 1. The Balaban J connectivity index is 2.74. The number of benzene rings is 1. The molecule has 0 radical (unpaired) electrons. The average Bonchev–Trinajstić information content (AvgIpc) is 2.14. The second kappa shape index (κ2) is 4.46. The number of rotatable bonds is 2. The number of carbonyl (C=O) groups is 1. The molecule has 3 heteroatoms. The first-order valence-corrected chi connectivity index (χ1v) is 4.34. The Morgan fingerprint density at radius 1 is 1.43 bits per heavy atom. The van der Waals surface area contributed by atoms with E-state index in [2.05, 4.69) is 0 Å². The van der Waals surface area contributed by atoms with Crippen molar-refractivity contribution < 1.29 is 4.79 Å². The largest absolute Gasteiger partial charge is 0.399 e. The van der Waals surface area contributed by atoms with Gasteiger partial charge >= 0.3 is 0 Å². The first-order valence-electron chi connectivity index (χ1n) is 4.34. The molecule has 0 saturated carbocycles. The van der Waals surface area contributed by atoms with E-state index in [0.717, 1.165) is 5.56 Å². The SMILES string of the molecule is CN(C)C(=O)C=Cc1cccc(N)c1. The van der Waals surface area contributed by atoms with Gasteiger partial charge in [0, 0.05) is 25.9 Å². The number of anilines is 1. The number of hydrogen-bond acceptors (Lipinski definition) is 2. The topological polar surface area (TPSA) is 46.3 Å². The Morgan fingerprint density at radius 2 is 2.14 bits per heavy atom. The first-order chi connectivity index (χ1) is 6.59. The zero-order valence-corrected chi connectivity index (χ0v) is 8.40. The summed E-state index contributed by atoms with van der Waals surface area (Å²) in [4.78, 5) is 12.7. The summed E-state index contributed by atoms with van der Waals surface area (Å²) in [6.07, 6.45) is 3.27. The minimum Gasteiger partial charge on any atom is -0.399 e. The number of hydrogen-bond donors (Lipinski definition) is 1. The van der Waals surface area contributed by atoms with Gasteiger partial charge in [-0.05, 0) is 23.8 Å². The smallest absolute Gasteiger partial charge is 0.246 e. The van der Waals surface area contributed by atoms with Crippen LogP contribution in [-0.4, -0.2) is 24.9 Å². The van der Waals surface area contributed by atoms with E-state index in [9.17, 15) is 4.79 Å². The van der Waals surface area contributed by atoms with Crippen molar-refractivity contribution in [3.8, 4) is 0 Å². The minimum atomic E-state index is -0.0348. The molecule has 0 fully saturated rings. The standard InChI is InChI=1S/C11H14N2O/c1-13(2)11(14)7-6-9-4-3-5-10(12)8-9/h3-8H,12H2,1-2H3. The van der Waals surface area contributed by atoms with Crippen molar-refractivity contribution in [2.75, 3.05) is 19.8 Å². The molecule has 0 aliphatic rings. The monoisotopic (exact) mass is 190 g/mol. The first kappa shape index (κ1) is 10.3. The molecule has 0 aromatic heterocycles. The summed E-state index contributed by atoms with van der Waals surface area (Å²) >= 11 is 0. The van der Waals surface area contributed by atoms with Crippen LogP contribution in [0, 0.1) is 0 Å². The summed E-state index contributed by atoms with van der Waals surface area (Å²) in [6.45, 7) is 0. The lowest BCUT2D eigenvalue weighted by Crippen LogP contribution is -2.18. The zero-order valence-electron chi connectivity index (χ0n) is 8.40. The second-order valence-corrected chi connectivity index (χ2v) is 3.24. The maximum Gasteiger partial charge on any atom is 0.246 e. The molecule has 74 valence electrons.